The summed E-state index contributed by atoms with van der Waals surface area (Å²) in [4.78, 5) is 41.7. The van der Waals surface area contributed by atoms with Crippen LogP contribution in [0, 0.1) is 0 Å². The summed E-state index contributed by atoms with van der Waals surface area (Å²) in [5.74, 6) is -0.784. The van der Waals surface area contributed by atoms with Gasteiger partial charge in [0.2, 0.25) is 0 Å². The summed E-state index contributed by atoms with van der Waals surface area (Å²) >= 11 is 3.39. The molecular formula is C18H14BrN3O4. The number of halogens is 1. The fraction of sp³-hybridized carbons (Fsp3) is 0.111. The summed E-state index contributed by atoms with van der Waals surface area (Å²) in [6.07, 6.45) is 4.34. The maximum absolute atomic E-state index is 12.7. The summed E-state index contributed by atoms with van der Waals surface area (Å²) in [5, 5.41) is 2.18. The highest BCUT2D eigenvalue weighted by Gasteiger charge is 2.36. The van der Waals surface area contributed by atoms with Gasteiger partial charge in [0, 0.05) is 12.4 Å². The van der Waals surface area contributed by atoms with Gasteiger partial charge in [0.1, 0.15) is 11.3 Å². The molecule has 3 rings (SSSR count). The number of barbiturate groups is 1. The third-order valence-corrected chi connectivity index (χ3v) is 4.21. The number of nitrogens with one attached hydrogen (secondary N) is 1. The lowest BCUT2D eigenvalue weighted by Gasteiger charge is -2.26. The molecule has 1 aliphatic heterocycles. The molecule has 2 heterocycles. The summed E-state index contributed by atoms with van der Waals surface area (Å²) in [5.41, 5.74) is 0.800. The molecule has 2 aromatic rings. The van der Waals surface area contributed by atoms with Gasteiger partial charge >= 0.3 is 6.03 Å². The largest absolute Gasteiger partial charge is 0.493 e. The molecule has 1 aliphatic rings. The van der Waals surface area contributed by atoms with Crippen molar-refractivity contribution in [2.45, 2.75) is 6.92 Å². The highest BCUT2D eigenvalue weighted by atomic mass is 79.9. The van der Waals surface area contributed by atoms with Crippen LogP contribution < -0.4 is 15.0 Å². The highest BCUT2D eigenvalue weighted by Crippen LogP contribution is 2.28. The number of amides is 4. The van der Waals surface area contributed by atoms with Crippen molar-refractivity contribution < 1.29 is 19.1 Å². The number of anilines is 1. The van der Waals surface area contributed by atoms with E-state index in [1.807, 2.05) is 6.92 Å². The summed E-state index contributed by atoms with van der Waals surface area (Å²) in [6, 6.07) is 7.41. The van der Waals surface area contributed by atoms with Crippen LogP contribution in [0.2, 0.25) is 0 Å². The number of carbonyl (C=O) groups excluding carboxylic acids is 3. The average Bonchev–Trinajstić information content (AvgIpc) is 2.62. The smallest absolute Gasteiger partial charge is 0.335 e. The van der Waals surface area contributed by atoms with Gasteiger partial charge in [-0.3, -0.25) is 19.9 Å². The van der Waals surface area contributed by atoms with Gasteiger partial charge in [-0.15, -0.1) is 0 Å². The van der Waals surface area contributed by atoms with Crippen molar-refractivity contribution in [2.24, 2.45) is 0 Å². The Morgan fingerprint density at radius 2 is 1.92 bits per heavy atom. The van der Waals surface area contributed by atoms with Crippen LogP contribution in [0.25, 0.3) is 6.08 Å². The van der Waals surface area contributed by atoms with Crippen LogP contribution in [0.5, 0.6) is 5.75 Å². The van der Waals surface area contributed by atoms with Crippen LogP contribution in [0.4, 0.5) is 10.5 Å². The monoisotopic (exact) mass is 415 g/mol. The molecule has 4 amide bonds. The van der Waals surface area contributed by atoms with Crippen LogP contribution >= 0.6 is 15.9 Å². The molecular weight excluding hydrogens is 402 g/mol. The molecule has 26 heavy (non-hydrogen) atoms. The molecule has 8 heteroatoms. The minimum absolute atomic E-state index is 0.141. The van der Waals surface area contributed by atoms with E-state index in [1.165, 1.54) is 30.6 Å². The number of aromatic nitrogens is 1. The van der Waals surface area contributed by atoms with Crippen LogP contribution in [-0.4, -0.2) is 29.4 Å². The lowest BCUT2D eigenvalue weighted by molar-refractivity contribution is -0.122. The van der Waals surface area contributed by atoms with Gasteiger partial charge < -0.3 is 4.74 Å². The number of pyridine rings is 1. The molecule has 0 aliphatic carbocycles. The molecule has 132 valence electrons. The van der Waals surface area contributed by atoms with Crippen molar-refractivity contribution in [2.75, 3.05) is 11.5 Å². The molecule has 1 fully saturated rings. The predicted octanol–water partition coefficient (Wildman–Crippen LogP) is 2.91. The third-order valence-electron chi connectivity index (χ3n) is 3.59. The van der Waals surface area contributed by atoms with E-state index >= 15 is 0 Å². The Balaban J connectivity index is 1.97. The van der Waals surface area contributed by atoms with Crippen LogP contribution in [-0.2, 0) is 9.59 Å². The van der Waals surface area contributed by atoms with E-state index in [0.29, 0.717) is 28.1 Å². The summed E-state index contributed by atoms with van der Waals surface area (Å²) in [6.45, 7) is 2.39. The molecule has 0 radical (unpaired) electrons. The van der Waals surface area contributed by atoms with Crippen molar-refractivity contribution >= 4 is 45.5 Å². The van der Waals surface area contributed by atoms with E-state index in [0.717, 1.165) is 4.90 Å². The zero-order valence-corrected chi connectivity index (χ0v) is 15.3. The molecule has 1 N–H and O–H groups in total. The predicted molar refractivity (Wildman–Crippen MR) is 98.5 cm³/mol. The van der Waals surface area contributed by atoms with Gasteiger partial charge in [-0.1, -0.05) is 6.07 Å². The van der Waals surface area contributed by atoms with Gasteiger partial charge in [-0.25, -0.2) is 9.69 Å². The first-order chi connectivity index (χ1) is 12.5. The van der Waals surface area contributed by atoms with Crippen molar-refractivity contribution in [3.8, 4) is 5.75 Å². The number of carbonyl (C=O) groups is 3. The minimum Gasteiger partial charge on any atom is -0.493 e. The zero-order chi connectivity index (χ0) is 18.7. The van der Waals surface area contributed by atoms with Crippen molar-refractivity contribution in [3.05, 3.63) is 58.3 Å². The first-order valence-corrected chi connectivity index (χ1v) is 8.54. The Kier molecular flexibility index (Phi) is 5.13. The normalized spacial score (nSPS) is 16.0. The van der Waals surface area contributed by atoms with Gasteiger partial charge in [0.25, 0.3) is 11.8 Å². The highest BCUT2D eigenvalue weighted by molar-refractivity contribution is 9.10. The summed E-state index contributed by atoms with van der Waals surface area (Å²) in [7, 11) is 0. The second kappa shape index (κ2) is 7.49. The molecule has 0 unspecified atom stereocenters. The van der Waals surface area contributed by atoms with Crippen LogP contribution in [0.15, 0.2) is 52.8 Å². The van der Waals surface area contributed by atoms with Crippen LogP contribution in [0.1, 0.15) is 12.5 Å². The van der Waals surface area contributed by atoms with E-state index in [9.17, 15) is 14.4 Å². The third kappa shape index (κ3) is 3.50. The number of ether oxygens (including phenoxy) is 1. The molecule has 1 aromatic heterocycles. The van der Waals surface area contributed by atoms with Crippen molar-refractivity contribution in [1.29, 1.82) is 0 Å². The quantitative estimate of drug-likeness (QED) is 0.612. The van der Waals surface area contributed by atoms with E-state index < -0.39 is 17.8 Å². The number of urea groups is 1. The topological polar surface area (TPSA) is 88.6 Å². The van der Waals surface area contributed by atoms with E-state index in [-0.39, 0.29) is 5.57 Å². The minimum atomic E-state index is -0.795. The number of imide groups is 2. The number of nitrogens with zero attached hydrogens (tertiary/aromatic N) is 2. The van der Waals surface area contributed by atoms with Gasteiger partial charge in [-0.2, -0.15) is 0 Å². The lowest BCUT2D eigenvalue weighted by Crippen LogP contribution is -2.54. The zero-order valence-electron chi connectivity index (χ0n) is 13.7. The van der Waals surface area contributed by atoms with Gasteiger partial charge in [-0.05, 0) is 58.8 Å². The molecule has 1 aromatic carbocycles. The van der Waals surface area contributed by atoms with E-state index in [4.69, 9.17) is 4.74 Å². The molecule has 7 nitrogen and oxygen atoms in total. The van der Waals surface area contributed by atoms with Crippen molar-refractivity contribution in [1.82, 2.24) is 10.3 Å². The fourth-order valence-corrected chi connectivity index (χ4v) is 2.94. The lowest BCUT2D eigenvalue weighted by atomic mass is 10.1. The van der Waals surface area contributed by atoms with Gasteiger partial charge in [0.05, 0.1) is 16.8 Å². The SMILES string of the molecule is CCOc1ccc(/C=C2\C(=O)NC(=O)N(c3ccncc3)C2=O)cc1Br. The number of hydrogen-bond donors (Lipinski definition) is 1. The van der Waals surface area contributed by atoms with Crippen molar-refractivity contribution in [3.63, 3.8) is 0 Å². The summed E-state index contributed by atoms with van der Waals surface area (Å²) < 4.78 is 6.13. The Hall–Kier alpha value is -3.00. The second-order valence-electron chi connectivity index (χ2n) is 5.29. The van der Waals surface area contributed by atoms with Crippen LogP contribution in [0.3, 0.4) is 0 Å². The first-order valence-electron chi connectivity index (χ1n) is 7.75. The molecule has 0 bridgehead atoms. The Morgan fingerprint density at radius 1 is 1.19 bits per heavy atom. The van der Waals surface area contributed by atoms with Gasteiger partial charge in [0.15, 0.2) is 0 Å². The van der Waals surface area contributed by atoms with E-state index in [1.54, 1.807) is 18.2 Å². The molecule has 0 saturated carbocycles. The Bertz CT molecular complexity index is 912. The van der Waals surface area contributed by atoms with E-state index in [2.05, 4.69) is 26.2 Å². The first kappa shape index (κ1) is 17.8. The standard InChI is InChI=1S/C18H14BrN3O4/c1-2-26-15-4-3-11(10-14(15)19)9-13-16(23)21-18(25)22(17(13)24)12-5-7-20-8-6-12/h3-10H,2H2,1H3,(H,21,23,25)/b13-9+. The number of benzene rings is 1. The molecule has 0 atom stereocenters. The average molecular weight is 416 g/mol. The number of hydrogen-bond acceptors (Lipinski definition) is 5. The second-order valence-corrected chi connectivity index (χ2v) is 6.14. The maximum Gasteiger partial charge on any atom is 0.335 e. The molecule has 1 saturated heterocycles. The Labute approximate surface area is 157 Å². The maximum atomic E-state index is 12.7. The fourth-order valence-electron chi connectivity index (χ4n) is 2.43. The number of rotatable bonds is 4. The Morgan fingerprint density at radius 3 is 2.58 bits per heavy atom. The molecule has 0 spiro atoms.